The average molecular weight is 345 g/mol. The molecule has 0 amide bonds. The van der Waals surface area contributed by atoms with E-state index in [2.05, 4.69) is 99.6 Å². The number of nitrogens with zero attached hydrogens (tertiary/aromatic N) is 1. The number of hydrogen-bond acceptors (Lipinski definition) is 2. The van der Waals surface area contributed by atoms with Gasteiger partial charge in [0.25, 0.3) is 0 Å². The molecular weight excluding hydrogens is 318 g/mol. The van der Waals surface area contributed by atoms with E-state index in [4.69, 9.17) is 4.74 Å². The van der Waals surface area contributed by atoms with E-state index in [1.807, 2.05) is 0 Å². The van der Waals surface area contributed by atoms with E-state index in [0.29, 0.717) is 6.61 Å². The quantitative estimate of drug-likeness (QED) is 0.575. The van der Waals surface area contributed by atoms with Gasteiger partial charge in [-0.2, -0.15) is 0 Å². The Balaban J connectivity index is 1.64. The van der Waals surface area contributed by atoms with Crippen molar-refractivity contribution in [2.45, 2.75) is 27.0 Å². The predicted octanol–water partition coefficient (Wildman–Crippen LogP) is 5.61. The van der Waals surface area contributed by atoms with Crippen molar-refractivity contribution >= 4 is 0 Å². The highest BCUT2D eigenvalue weighted by Gasteiger charge is 2.02. The zero-order valence-corrected chi connectivity index (χ0v) is 16.1. The van der Waals surface area contributed by atoms with Gasteiger partial charge in [-0.3, -0.25) is 0 Å². The molecule has 0 unspecified atom stereocenters. The lowest BCUT2D eigenvalue weighted by atomic mass is 10.0. The summed E-state index contributed by atoms with van der Waals surface area (Å²) in [6.45, 7) is 5.75. The summed E-state index contributed by atoms with van der Waals surface area (Å²) in [7, 11) is 4.18. The maximum absolute atomic E-state index is 5.95. The van der Waals surface area contributed by atoms with Crippen LogP contribution in [0.4, 0.5) is 0 Å². The Bertz CT molecular complexity index is 828. The Kier molecular flexibility index (Phi) is 5.75. The molecule has 0 heterocycles. The van der Waals surface area contributed by atoms with Crippen LogP contribution in [0.15, 0.2) is 66.7 Å². The Morgan fingerprint density at radius 2 is 1.19 bits per heavy atom. The molecule has 0 aliphatic rings. The van der Waals surface area contributed by atoms with Crippen molar-refractivity contribution in [2.24, 2.45) is 0 Å². The van der Waals surface area contributed by atoms with Crippen LogP contribution in [0.2, 0.25) is 0 Å². The molecule has 0 spiro atoms. The van der Waals surface area contributed by atoms with Gasteiger partial charge in [0.05, 0.1) is 0 Å². The minimum Gasteiger partial charge on any atom is -0.489 e. The molecule has 0 saturated carbocycles. The molecule has 2 nitrogen and oxygen atoms in total. The summed E-state index contributed by atoms with van der Waals surface area (Å²) in [5, 5.41) is 0. The second-order valence-electron chi connectivity index (χ2n) is 7.24. The molecule has 0 fully saturated rings. The van der Waals surface area contributed by atoms with Crippen molar-refractivity contribution in [3.8, 4) is 16.9 Å². The molecule has 0 bridgehead atoms. The van der Waals surface area contributed by atoms with Crippen molar-refractivity contribution in [3.05, 3.63) is 89.0 Å². The van der Waals surface area contributed by atoms with E-state index in [1.165, 1.54) is 33.4 Å². The Morgan fingerprint density at radius 1 is 0.692 bits per heavy atom. The molecule has 0 atom stereocenters. The number of rotatable bonds is 6. The summed E-state index contributed by atoms with van der Waals surface area (Å²) in [6, 6.07) is 23.7. The van der Waals surface area contributed by atoms with Gasteiger partial charge >= 0.3 is 0 Å². The van der Waals surface area contributed by atoms with Gasteiger partial charge in [-0.05, 0) is 73.5 Å². The van der Waals surface area contributed by atoms with Crippen molar-refractivity contribution in [3.63, 3.8) is 0 Å². The van der Waals surface area contributed by atoms with E-state index >= 15 is 0 Å². The Hall–Kier alpha value is -2.58. The van der Waals surface area contributed by atoms with Gasteiger partial charge in [0.2, 0.25) is 0 Å². The lowest BCUT2D eigenvalue weighted by Crippen LogP contribution is -2.10. The van der Waals surface area contributed by atoms with E-state index in [9.17, 15) is 0 Å². The maximum Gasteiger partial charge on any atom is 0.120 e. The predicted molar refractivity (Wildman–Crippen MR) is 110 cm³/mol. The third kappa shape index (κ3) is 4.96. The normalized spacial score (nSPS) is 11.0. The van der Waals surface area contributed by atoms with Crippen LogP contribution in [0.5, 0.6) is 5.75 Å². The molecule has 3 aromatic rings. The largest absolute Gasteiger partial charge is 0.489 e. The number of hydrogen-bond donors (Lipinski definition) is 0. The van der Waals surface area contributed by atoms with Crippen LogP contribution in [0.3, 0.4) is 0 Å². The monoisotopic (exact) mass is 345 g/mol. The molecular formula is C24H27NO. The second-order valence-corrected chi connectivity index (χ2v) is 7.24. The first-order valence-electron chi connectivity index (χ1n) is 9.04. The standard InChI is InChI=1S/C24H27NO/c1-18-13-19(2)15-24(14-18)26-17-21-7-11-23(12-8-21)22-9-5-20(6-10-22)16-25(3)4/h5-15H,16-17H2,1-4H3. The van der Waals surface area contributed by atoms with Gasteiger partial charge < -0.3 is 9.64 Å². The van der Waals surface area contributed by atoms with Crippen molar-refractivity contribution < 1.29 is 4.74 Å². The first-order valence-corrected chi connectivity index (χ1v) is 9.04. The van der Waals surface area contributed by atoms with Gasteiger partial charge in [-0.1, -0.05) is 54.6 Å². The topological polar surface area (TPSA) is 12.5 Å². The van der Waals surface area contributed by atoms with Gasteiger partial charge in [-0.25, -0.2) is 0 Å². The van der Waals surface area contributed by atoms with Crippen LogP contribution in [-0.4, -0.2) is 19.0 Å². The summed E-state index contributed by atoms with van der Waals surface area (Å²) in [4.78, 5) is 2.18. The lowest BCUT2D eigenvalue weighted by molar-refractivity contribution is 0.306. The molecule has 2 heteroatoms. The summed E-state index contributed by atoms with van der Waals surface area (Å²) in [6.07, 6.45) is 0. The second kappa shape index (κ2) is 8.20. The van der Waals surface area contributed by atoms with Crippen molar-refractivity contribution in [1.29, 1.82) is 0 Å². The van der Waals surface area contributed by atoms with E-state index in [0.717, 1.165) is 12.3 Å². The third-order valence-electron chi connectivity index (χ3n) is 4.34. The van der Waals surface area contributed by atoms with Crippen LogP contribution in [0.25, 0.3) is 11.1 Å². The lowest BCUT2D eigenvalue weighted by Gasteiger charge is -2.11. The number of benzene rings is 3. The van der Waals surface area contributed by atoms with E-state index in [1.54, 1.807) is 0 Å². The van der Waals surface area contributed by atoms with E-state index in [-0.39, 0.29) is 0 Å². The van der Waals surface area contributed by atoms with Gasteiger partial charge in [0.15, 0.2) is 0 Å². The molecule has 0 radical (unpaired) electrons. The van der Waals surface area contributed by atoms with Crippen LogP contribution in [0.1, 0.15) is 22.3 Å². The van der Waals surface area contributed by atoms with Crippen LogP contribution in [0, 0.1) is 13.8 Å². The van der Waals surface area contributed by atoms with Gasteiger partial charge in [0.1, 0.15) is 12.4 Å². The number of aryl methyl sites for hydroxylation is 2. The molecule has 3 aromatic carbocycles. The van der Waals surface area contributed by atoms with Gasteiger partial charge in [-0.15, -0.1) is 0 Å². The molecule has 0 aromatic heterocycles. The molecule has 0 aliphatic heterocycles. The summed E-state index contributed by atoms with van der Waals surface area (Å²) in [5.74, 6) is 0.933. The molecule has 0 saturated heterocycles. The first-order chi connectivity index (χ1) is 12.5. The fourth-order valence-corrected chi connectivity index (χ4v) is 3.14. The zero-order chi connectivity index (χ0) is 18.5. The molecule has 0 N–H and O–H groups in total. The van der Waals surface area contributed by atoms with E-state index < -0.39 is 0 Å². The van der Waals surface area contributed by atoms with Crippen LogP contribution < -0.4 is 4.74 Å². The smallest absolute Gasteiger partial charge is 0.120 e. The highest BCUT2D eigenvalue weighted by molar-refractivity contribution is 5.63. The maximum atomic E-state index is 5.95. The zero-order valence-electron chi connectivity index (χ0n) is 16.1. The third-order valence-corrected chi connectivity index (χ3v) is 4.34. The SMILES string of the molecule is Cc1cc(C)cc(OCc2ccc(-c3ccc(CN(C)C)cc3)cc2)c1. The molecule has 134 valence electrons. The minimum absolute atomic E-state index is 0.588. The molecule has 3 rings (SSSR count). The average Bonchev–Trinajstić information content (AvgIpc) is 2.60. The summed E-state index contributed by atoms with van der Waals surface area (Å²) >= 11 is 0. The fraction of sp³-hybridized carbons (Fsp3) is 0.250. The highest BCUT2D eigenvalue weighted by Crippen LogP contribution is 2.22. The Labute approximate surface area is 157 Å². The summed E-state index contributed by atoms with van der Waals surface area (Å²) < 4.78 is 5.95. The molecule has 26 heavy (non-hydrogen) atoms. The van der Waals surface area contributed by atoms with Crippen molar-refractivity contribution in [2.75, 3.05) is 14.1 Å². The van der Waals surface area contributed by atoms with Crippen LogP contribution in [-0.2, 0) is 13.2 Å². The molecule has 0 aliphatic carbocycles. The first kappa shape index (κ1) is 18.2. The summed E-state index contributed by atoms with van der Waals surface area (Å²) in [5.41, 5.74) is 7.45. The fourth-order valence-electron chi connectivity index (χ4n) is 3.14. The van der Waals surface area contributed by atoms with Crippen molar-refractivity contribution in [1.82, 2.24) is 4.90 Å². The number of ether oxygens (including phenoxy) is 1. The van der Waals surface area contributed by atoms with Gasteiger partial charge in [0, 0.05) is 6.54 Å². The Morgan fingerprint density at radius 3 is 1.69 bits per heavy atom. The minimum atomic E-state index is 0.588. The van der Waals surface area contributed by atoms with Crippen LogP contribution >= 0.6 is 0 Å². The highest BCUT2D eigenvalue weighted by atomic mass is 16.5.